The van der Waals surface area contributed by atoms with Crippen molar-refractivity contribution in [3.8, 4) is 11.3 Å². The maximum Gasteiger partial charge on any atom is 0.216 e. The van der Waals surface area contributed by atoms with Crippen LogP contribution in [0.3, 0.4) is 0 Å². The highest BCUT2D eigenvalue weighted by Gasteiger charge is 2.33. The summed E-state index contributed by atoms with van der Waals surface area (Å²) in [6.07, 6.45) is 7.15. The minimum Gasteiger partial charge on any atom is -0.282 e. The first-order chi connectivity index (χ1) is 11.8. The van der Waals surface area contributed by atoms with Crippen LogP contribution in [0.25, 0.3) is 11.3 Å². The Kier molecular flexibility index (Phi) is 4.97. The lowest BCUT2D eigenvalue weighted by Gasteiger charge is -2.30. The average molecular weight is 362 g/mol. The van der Waals surface area contributed by atoms with Crippen LogP contribution in [0.5, 0.6) is 0 Å². The van der Waals surface area contributed by atoms with Gasteiger partial charge in [-0.1, -0.05) is 0 Å². The summed E-state index contributed by atoms with van der Waals surface area (Å²) in [6, 6.07) is 6.00. The van der Waals surface area contributed by atoms with Crippen LogP contribution in [-0.4, -0.2) is 34.4 Å². The Morgan fingerprint density at radius 2 is 1.92 bits per heavy atom. The molecule has 0 saturated heterocycles. The number of H-pyrrole nitrogens is 1. The van der Waals surface area contributed by atoms with Gasteiger partial charge >= 0.3 is 0 Å². The zero-order chi connectivity index (χ0) is 18.1. The van der Waals surface area contributed by atoms with Crippen molar-refractivity contribution < 1.29 is 8.42 Å². The van der Waals surface area contributed by atoms with E-state index in [1.807, 2.05) is 12.1 Å². The van der Waals surface area contributed by atoms with Crippen LogP contribution < -0.4 is 4.72 Å². The molecule has 1 aliphatic rings. The van der Waals surface area contributed by atoms with Crippen LogP contribution in [0.15, 0.2) is 30.6 Å². The standard InChI is InChI=1S/C18H26N4O2S/c1-18(2,3)25(23,24)22-15-8-6-13(7-9-15)16-11-17(21-20-16)14-5-4-10-19-12-14/h4-5,10-13,15,22H,6-9H2,1-3H3,(H,20,21)/t13-,15-. The molecule has 1 fully saturated rings. The van der Waals surface area contributed by atoms with Gasteiger partial charge in [0.25, 0.3) is 0 Å². The molecule has 6 nitrogen and oxygen atoms in total. The van der Waals surface area contributed by atoms with Gasteiger partial charge in [-0.05, 0) is 64.7 Å². The summed E-state index contributed by atoms with van der Waals surface area (Å²) in [6.45, 7) is 5.18. The predicted octanol–water partition coefficient (Wildman–Crippen LogP) is 3.22. The first-order valence-electron chi connectivity index (χ1n) is 8.74. The van der Waals surface area contributed by atoms with Crippen molar-refractivity contribution in [3.63, 3.8) is 0 Å². The van der Waals surface area contributed by atoms with Crippen molar-refractivity contribution in [1.82, 2.24) is 19.9 Å². The largest absolute Gasteiger partial charge is 0.282 e. The lowest BCUT2D eigenvalue weighted by Crippen LogP contribution is -2.45. The molecule has 0 unspecified atom stereocenters. The summed E-state index contributed by atoms with van der Waals surface area (Å²) in [5.74, 6) is 0.397. The lowest BCUT2D eigenvalue weighted by molar-refractivity contribution is 0.367. The Morgan fingerprint density at radius 1 is 1.20 bits per heavy atom. The highest BCUT2D eigenvalue weighted by molar-refractivity contribution is 7.90. The van der Waals surface area contributed by atoms with Crippen LogP contribution in [0.4, 0.5) is 0 Å². The van der Waals surface area contributed by atoms with Crippen LogP contribution in [0, 0.1) is 0 Å². The van der Waals surface area contributed by atoms with E-state index in [0.717, 1.165) is 42.6 Å². The van der Waals surface area contributed by atoms with Gasteiger partial charge in [0, 0.05) is 35.6 Å². The molecule has 0 aromatic carbocycles. The summed E-state index contributed by atoms with van der Waals surface area (Å²) < 4.78 is 26.7. The van der Waals surface area contributed by atoms with E-state index in [9.17, 15) is 8.42 Å². The smallest absolute Gasteiger partial charge is 0.216 e. The van der Waals surface area contributed by atoms with E-state index in [1.165, 1.54) is 0 Å². The number of pyridine rings is 1. The van der Waals surface area contributed by atoms with E-state index in [2.05, 4.69) is 26.0 Å². The van der Waals surface area contributed by atoms with Gasteiger partial charge in [0.2, 0.25) is 10.0 Å². The first kappa shape index (κ1) is 18.1. The number of hydrogen-bond acceptors (Lipinski definition) is 4. The third-order valence-corrected chi connectivity index (χ3v) is 7.11. The Bertz CT molecular complexity index is 801. The number of aromatic amines is 1. The Labute approximate surface area is 149 Å². The molecule has 2 aromatic heterocycles. The van der Waals surface area contributed by atoms with E-state index in [1.54, 1.807) is 33.2 Å². The highest BCUT2D eigenvalue weighted by Crippen LogP contribution is 2.34. The average Bonchev–Trinajstić information content (AvgIpc) is 3.05. The molecule has 1 aliphatic carbocycles. The van der Waals surface area contributed by atoms with E-state index in [4.69, 9.17) is 0 Å². The van der Waals surface area contributed by atoms with Gasteiger partial charge in [0.05, 0.1) is 10.4 Å². The molecule has 0 amide bonds. The van der Waals surface area contributed by atoms with Crippen molar-refractivity contribution >= 4 is 10.0 Å². The van der Waals surface area contributed by atoms with Crippen LogP contribution >= 0.6 is 0 Å². The van der Waals surface area contributed by atoms with E-state index < -0.39 is 14.8 Å². The molecule has 0 radical (unpaired) electrons. The molecule has 2 N–H and O–H groups in total. The van der Waals surface area contributed by atoms with Gasteiger partial charge in [-0.15, -0.1) is 0 Å². The van der Waals surface area contributed by atoms with E-state index in [0.29, 0.717) is 5.92 Å². The summed E-state index contributed by atoms with van der Waals surface area (Å²) in [5.41, 5.74) is 3.02. The van der Waals surface area contributed by atoms with Gasteiger partial charge < -0.3 is 0 Å². The zero-order valence-electron chi connectivity index (χ0n) is 15.0. The topological polar surface area (TPSA) is 87.7 Å². The predicted molar refractivity (Wildman–Crippen MR) is 98.6 cm³/mol. The van der Waals surface area contributed by atoms with Crippen LogP contribution in [0.1, 0.15) is 58.1 Å². The van der Waals surface area contributed by atoms with Gasteiger partial charge in [-0.2, -0.15) is 5.10 Å². The molecule has 0 spiro atoms. The highest BCUT2D eigenvalue weighted by atomic mass is 32.2. The molecule has 0 atom stereocenters. The van der Waals surface area contributed by atoms with Gasteiger partial charge in [-0.3, -0.25) is 10.1 Å². The monoisotopic (exact) mass is 362 g/mol. The molecule has 0 bridgehead atoms. The Balaban J connectivity index is 1.61. The van der Waals surface area contributed by atoms with E-state index in [-0.39, 0.29) is 6.04 Å². The molecule has 1 saturated carbocycles. The van der Waals surface area contributed by atoms with Gasteiger partial charge in [-0.25, -0.2) is 13.1 Å². The van der Waals surface area contributed by atoms with Crippen LogP contribution in [0.2, 0.25) is 0 Å². The maximum atomic E-state index is 12.3. The molecule has 2 heterocycles. The number of aromatic nitrogens is 3. The fraction of sp³-hybridized carbons (Fsp3) is 0.556. The van der Waals surface area contributed by atoms with Crippen molar-refractivity contribution in [2.45, 2.75) is 63.2 Å². The number of hydrogen-bond donors (Lipinski definition) is 2. The van der Waals surface area contributed by atoms with Gasteiger partial charge in [0.15, 0.2) is 0 Å². The molecule has 7 heteroatoms. The van der Waals surface area contributed by atoms with Crippen molar-refractivity contribution in [2.24, 2.45) is 0 Å². The lowest BCUT2D eigenvalue weighted by atomic mass is 9.84. The fourth-order valence-electron chi connectivity index (χ4n) is 3.13. The van der Waals surface area contributed by atoms with Crippen molar-refractivity contribution in [1.29, 1.82) is 0 Å². The second kappa shape index (κ2) is 6.88. The molecular formula is C18H26N4O2S. The number of sulfonamides is 1. The first-order valence-corrected chi connectivity index (χ1v) is 10.2. The van der Waals surface area contributed by atoms with Crippen molar-refractivity contribution in [2.75, 3.05) is 0 Å². The molecule has 3 rings (SSSR count). The molecule has 0 aliphatic heterocycles. The van der Waals surface area contributed by atoms with Gasteiger partial charge in [0.1, 0.15) is 0 Å². The minimum atomic E-state index is -3.29. The summed E-state index contributed by atoms with van der Waals surface area (Å²) in [4.78, 5) is 4.13. The summed E-state index contributed by atoms with van der Waals surface area (Å²) in [7, 11) is -3.29. The molecule has 136 valence electrons. The normalized spacial score (nSPS) is 22.0. The third-order valence-electron chi connectivity index (χ3n) is 4.85. The summed E-state index contributed by atoms with van der Waals surface area (Å²) in [5, 5.41) is 7.54. The fourth-order valence-corrected chi connectivity index (χ4v) is 4.15. The number of nitrogens with one attached hydrogen (secondary N) is 2. The van der Waals surface area contributed by atoms with Crippen LogP contribution in [-0.2, 0) is 10.0 Å². The third kappa shape index (κ3) is 4.10. The Morgan fingerprint density at radius 3 is 2.52 bits per heavy atom. The Hall–Kier alpha value is -1.73. The minimum absolute atomic E-state index is 0.0289. The second-order valence-corrected chi connectivity index (χ2v) is 10.2. The molecule has 25 heavy (non-hydrogen) atoms. The van der Waals surface area contributed by atoms with E-state index >= 15 is 0 Å². The van der Waals surface area contributed by atoms with Crippen molar-refractivity contribution in [3.05, 3.63) is 36.3 Å². The quantitative estimate of drug-likeness (QED) is 0.874. The second-order valence-electron chi connectivity index (χ2n) is 7.73. The maximum absolute atomic E-state index is 12.3. The molecule has 2 aromatic rings. The zero-order valence-corrected chi connectivity index (χ0v) is 15.8. The number of nitrogens with zero attached hydrogens (tertiary/aromatic N) is 2. The number of rotatable bonds is 4. The summed E-state index contributed by atoms with van der Waals surface area (Å²) >= 11 is 0. The molecular weight excluding hydrogens is 336 g/mol. The SMILES string of the molecule is CC(C)(C)S(=O)(=O)N[C@H]1CC[C@H](c2cc(-c3cccnc3)n[nH]2)CC1.